The molecule has 0 spiro atoms. The predicted octanol–water partition coefficient (Wildman–Crippen LogP) is 2.24. The number of hydrogen-bond acceptors (Lipinski definition) is 5. The second kappa shape index (κ2) is 7.07. The molecule has 1 amide bonds. The fourth-order valence-corrected chi connectivity index (χ4v) is 4.15. The maximum atomic E-state index is 14.3. The normalized spacial score (nSPS) is 13.2. The van der Waals surface area contributed by atoms with Crippen molar-refractivity contribution in [2.24, 2.45) is 5.73 Å². The maximum absolute atomic E-state index is 14.3. The van der Waals surface area contributed by atoms with E-state index in [4.69, 9.17) is 11.5 Å². The van der Waals surface area contributed by atoms with Gasteiger partial charge < -0.3 is 11.5 Å². The number of rotatable bonds is 5. The lowest BCUT2D eigenvalue weighted by Gasteiger charge is -2.17. The van der Waals surface area contributed by atoms with Crippen molar-refractivity contribution in [1.29, 1.82) is 0 Å². The summed E-state index contributed by atoms with van der Waals surface area (Å²) in [6, 6.07) is 5.57. The topological polar surface area (TPSA) is 121 Å². The Labute approximate surface area is 164 Å². The van der Waals surface area contributed by atoms with Crippen LogP contribution in [0.3, 0.4) is 0 Å². The molecule has 1 unspecified atom stereocenters. The van der Waals surface area contributed by atoms with Gasteiger partial charge in [-0.2, -0.15) is 0 Å². The molecule has 2 aromatic carbocycles. The number of primary amides is 1. The number of nitrogens with two attached hydrogens (primary N) is 2. The lowest BCUT2D eigenvalue weighted by Crippen LogP contribution is -2.25. The first-order chi connectivity index (χ1) is 13.5. The largest absolute Gasteiger partial charge is 0.369 e. The quantitative estimate of drug-likeness (QED) is 0.606. The molecular formula is C18H17F3N4O3S. The Balaban J connectivity index is 2.28. The van der Waals surface area contributed by atoms with Crippen molar-refractivity contribution in [1.82, 2.24) is 8.96 Å². The fourth-order valence-electron chi connectivity index (χ4n) is 3.01. The smallest absolute Gasteiger partial charge is 0.244 e. The third-order valence-electron chi connectivity index (χ3n) is 4.51. The highest BCUT2D eigenvalue weighted by molar-refractivity contribution is 7.90. The monoisotopic (exact) mass is 426 g/mol. The minimum absolute atomic E-state index is 0.0444. The van der Waals surface area contributed by atoms with Crippen molar-refractivity contribution in [3.8, 4) is 0 Å². The summed E-state index contributed by atoms with van der Waals surface area (Å²) in [6.45, 7) is 2.90. The zero-order valence-corrected chi connectivity index (χ0v) is 16.2. The highest BCUT2D eigenvalue weighted by atomic mass is 32.2. The number of imidazole rings is 1. The minimum Gasteiger partial charge on any atom is -0.369 e. The number of carbonyl (C=O) groups is 1. The van der Waals surface area contributed by atoms with E-state index in [1.165, 1.54) is 32.0 Å². The van der Waals surface area contributed by atoms with E-state index in [0.29, 0.717) is 6.07 Å². The van der Waals surface area contributed by atoms with Gasteiger partial charge in [-0.05, 0) is 37.6 Å². The SMILES string of the molecule is CC(C)S(=O)(=O)n1c(N)nc2ccc(C(C(N)=O)c3ccc(F)c(F)c3F)cc21. The zero-order chi connectivity index (χ0) is 21.7. The Bertz CT molecular complexity index is 1240. The van der Waals surface area contributed by atoms with Crippen molar-refractivity contribution in [3.05, 3.63) is 58.9 Å². The van der Waals surface area contributed by atoms with E-state index in [9.17, 15) is 26.4 Å². The molecule has 11 heteroatoms. The highest BCUT2D eigenvalue weighted by Gasteiger charge is 2.29. The molecule has 3 rings (SSSR count). The predicted molar refractivity (Wildman–Crippen MR) is 101 cm³/mol. The molecule has 0 aliphatic heterocycles. The number of fused-ring (bicyclic) bond motifs is 1. The number of amides is 1. The van der Waals surface area contributed by atoms with Gasteiger partial charge in [0.1, 0.15) is 0 Å². The van der Waals surface area contributed by atoms with Crippen molar-refractivity contribution in [2.45, 2.75) is 25.0 Å². The molecule has 0 bridgehead atoms. The number of halogens is 3. The van der Waals surface area contributed by atoms with Crippen LogP contribution in [0.25, 0.3) is 11.0 Å². The molecule has 0 saturated carbocycles. The molecule has 0 aliphatic carbocycles. The summed E-state index contributed by atoms with van der Waals surface area (Å²) in [6.07, 6.45) is 0. The molecule has 3 aromatic rings. The number of nitrogen functional groups attached to an aromatic ring is 1. The van der Waals surface area contributed by atoms with Crippen molar-refractivity contribution >= 4 is 32.9 Å². The Morgan fingerprint density at radius 1 is 1.10 bits per heavy atom. The summed E-state index contributed by atoms with van der Waals surface area (Å²) >= 11 is 0. The van der Waals surface area contributed by atoms with Gasteiger partial charge in [-0.3, -0.25) is 4.79 Å². The summed E-state index contributed by atoms with van der Waals surface area (Å²) in [5, 5.41) is -0.832. The third kappa shape index (κ3) is 3.31. The van der Waals surface area contributed by atoms with Crippen LogP contribution < -0.4 is 11.5 Å². The van der Waals surface area contributed by atoms with Crippen LogP contribution in [0.5, 0.6) is 0 Å². The fraction of sp³-hybridized carbons (Fsp3) is 0.222. The van der Waals surface area contributed by atoms with Gasteiger partial charge in [0.05, 0.1) is 22.2 Å². The maximum Gasteiger partial charge on any atom is 0.244 e. The van der Waals surface area contributed by atoms with Gasteiger partial charge in [-0.25, -0.2) is 30.5 Å². The van der Waals surface area contributed by atoms with Crippen LogP contribution in [0, 0.1) is 17.5 Å². The van der Waals surface area contributed by atoms with Crippen LogP contribution in [0.2, 0.25) is 0 Å². The molecule has 4 N–H and O–H groups in total. The molecule has 0 fully saturated rings. The van der Waals surface area contributed by atoms with Crippen LogP contribution in [0.15, 0.2) is 30.3 Å². The second-order valence-corrected chi connectivity index (χ2v) is 9.01. The summed E-state index contributed by atoms with van der Waals surface area (Å²) in [5.74, 6) is -7.55. The molecule has 7 nitrogen and oxygen atoms in total. The van der Waals surface area contributed by atoms with E-state index in [1.807, 2.05) is 0 Å². The van der Waals surface area contributed by atoms with Gasteiger partial charge in [0.25, 0.3) is 0 Å². The number of aromatic nitrogens is 2. The molecular weight excluding hydrogens is 409 g/mol. The summed E-state index contributed by atoms with van der Waals surface area (Å²) in [4.78, 5) is 16.0. The summed E-state index contributed by atoms with van der Waals surface area (Å²) < 4.78 is 67.4. The van der Waals surface area contributed by atoms with Crippen LogP contribution >= 0.6 is 0 Å². The standard InChI is InChI=1S/C18H17F3N4O3S/c1-8(2)29(27,28)25-13-7-9(3-6-12(13)24-18(25)23)14(17(22)26)10-4-5-11(19)16(21)15(10)20/h3-8,14H,1-2H3,(H2,22,26)(H2,23,24). The Kier molecular flexibility index (Phi) is 5.03. The number of anilines is 1. The first-order valence-electron chi connectivity index (χ1n) is 8.41. The van der Waals surface area contributed by atoms with E-state index < -0.39 is 50.1 Å². The number of benzene rings is 2. The third-order valence-corrected chi connectivity index (χ3v) is 6.59. The molecule has 154 valence electrons. The summed E-state index contributed by atoms with van der Waals surface area (Å²) in [7, 11) is -3.91. The molecule has 0 saturated heterocycles. The molecule has 1 aromatic heterocycles. The number of nitrogens with zero attached hydrogens (tertiary/aromatic N) is 2. The van der Waals surface area contributed by atoms with Crippen LogP contribution in [0.4, 0.5) is 19.1 Å². The highest BCUT2D eigenvalue weighted by Crippen LogP contribution is 2.32. The average Bonchev–Trinajstić information content (AvgIpc) is 2.97. The zero-order valence-electron chi connectivity index (χ0n) is 15.4. The van der Waals surface area contributed by atoms with Gasteiger partial charge >= 0.3 is 0 Å². The molecule has 29 heavy (non-hydrogen) atoms. The summed E-state index contributed by atoms with van der Waals surface area (Å²) in [5.41, 5.74) is 11.0. The number of hydrogen-bond donors (Lipinski definition) is 2. The van der Waals surface area contributed by atoms with Gasteiger partial charge in [-0.15, -0.1) is 0 Å². The lowest BCUT2D eigenvalue weighted by molar-refractivity contribution is -0.118. The van der Waals surface area contributed by atoms with Crippen LogP contribution in [0.1, 0.15) is 30.9 Å². The average molecular weight is 426 g/mol. The van der Waals surface area contributed by atoms with E-state index in [-0.39, 0.29) is 22.5 Å². The van der Waals surface area contributed by atoms with Crippen molar-refractivity contribution < 1.29 is 26.4 Å². The van der Waals surface area contributed by atoms with E-state index in [1.54, 1.807) is 0 Å². The van der Waals surface area contributed by atoms with Crippen molar-refractivity contribution in [2.75, 3.05) is 5.73 Å². The van der Waals surface area contributed by atoms with E-state index in [2.05, 4.69) is 4.98 Å². The Hall–Kier alpha value is -3.08. The van der Waals surface area contributed by atoms with Gasteiger partial charge in [0, 0.05) is 5.56 Å². The Morgan fingerprint density at radius 3 is 2.34 bits per heavy atom. The van der Waals surface area contributed by atoms with Gasteiger partial charge in [-0.1, -0.05) is 12.1 Å². The number of carbonyl (C=O) groups excluding carboxylic acids is 1. The first kappa shape index (κ1) is 20.6. The van der Waals surface area contributed by atoms with Gasteiger partial charge in [0.15, 0.2) is 17.5 Å². The van der Waals surface area contributed by atoms with E-state index in [0.717, 1.165) is 10.0 Å². The molecule has 1 heterocycles. The Morgan fingerprint density at radius 2 is 1.76 bits per heavy atom. The van der Waals surface area contributed by atoms with Crippen molar-refractivity contribution in [3.63, 3.8) is 0 Å². The molecule has 1 atom stereocenters. The van der Waals surface area contributed by atoms with E-state index >= 15 is 0 Å². The molecule has 0 radical (unpaired) electrons. The second-order valence-electron chi connectivity index (χ2n) is 6.68. The molecule has 0 aliphatic rings. The first-order valence-corrected chi connectivity index (χ1v) is 9.92. The van der Waals surface area contributed by atoms with Gasteiger partial charge in [0.2, 0.25) is 21.9 Å². The lowest BCUT2D eigenvalue weighted by atomic mass is 9.90. The van der Waals surface area contributed by atoms with Crippen LogP contribution in [-0.4, -0.2) is 28.5 Å². The van der Waals surface area contributed by atoms with Crippen LogP contribution in [-0.2, 0) is 14.8 Å². The minimum atomic E-state index is -3.91.